The van der Waals surface area contributed by atoms with Crippen LogP contribution in [0.4, 0.5) is 0 Å². The summed E-state index contributed by atoms with van der Waals surface area (Å²) in [7, 11) is 0. The lowest BCUT2D eigenvalue weighted by atomic mass is 9.79. The van der Waals surface area contributed by atoms with Gasteiger partial charge in [0.2, 0.25) is 0 Å². The lowest BCUT2D eigenvalue weighted by molar-refractivity contribution is 0.545. The molecule has 4 aromatic heterocycles. The first-order valence-electron chi connectivity index (χ1n) is 21.2. The number of rotatable bonds is 14. The molecule has 0 bridgehead atoms. The van der Waals surface area contributed by atoms with E-state index in [4.69, 9.17) is 0 Å². The highest BCUT2D eigenvalue weighted by Crippen LogP contribution is 2.56. The predicted octanol–water partition coefficient (Wildman–Crippen LogP) is 13.4. The fourth-order valence-electron chi connectivity index (χ4n) is 10.7. The van der Waals surface area contributed by atoms with E-state index in [0.29, 0.717) is 34.6 Å². The molecule has 0 radical (unpaired) electrons. The highest BCUT2D eigenvalue weighted by Gasteiger charge is 2.31. The van der Waals surface area contributed by atoms with Crippen LogP contribution in [0.15, 0.2) is 59.4 Å². The van der Waals surface area contributed by atoms with Gasteiger partial charge in [-0.25, -0.2) is 0 Å². The summed E-state index contributed by atoms with van der Waals surface area (Å²) in [6, 6.07) is 12.6. The molecular weight excluding hydrogens is 825 g/mol. The van der Waals surface area contributed by atoms with Crippen molar-refractivity contribution in [2.45, 2.75) is 111 Å². The zero-order chi connectivity index (χ0) is 39.7. The molecular formula is C49H43BrN2O4S2. The number of thiophene rings is 2. The second kappa shape index (κ2) is 13.5. The maximum Gasteiger partial charge on any atom is 0.261 e. The molecule has 58 heavy (non-hydrogen) atoms. The molecule has 7 aromatic carbocycles. The number of hydrogen-bond donors (Lipinski definition) is 0. The minimum absolute atomic E-state index is 0.220. The van der Waals surface area contributed by atoms with Crippen LogP contribution in [0.3, 0.4) is 0 Å². The van der Waals surface area contributed by atoms with Crippen LogP contribution in [0.2, 0.25) is 0 Å². The van der Waals surface area contributed by atoms with E-state index in [1.807, 2.05) is 12.1 Å². The predicted molar refractivity (Wildman–Crippen MR) is 253 cm³/mol. The first-order chi connectivity index (χ1) is 28.2. The Labute approximate surface area is 349 Å². The topological polar surface area (TPSA) is 78.1 Å². The molecule has 11 aromatic rings. The molecule has 0 amide bonds. The number of halogens is 1. The van der Waals surface area contributed by atoms with E-state index in [1.54, 1.807) is 22.7 Å². The molecule has 0 saturated carbocycles. The third-order valence-electron chi connectivity index (χ3n) is 13.3. The van der Waals surface area contributed by atoms with E-state index in [-0.39, 0.29) is 22.2 Å². The second-order valence-corrected chi connectivity index (χ2v) is 20.5. The maximum absolute atomic E-state index is 14.7. The van der Waals surface area contributed by atoms with Gasteiger partial charge in [0.15, 0.2) is 0 Å². The second-order valence-electron chi connectivity index (χ2n) is 16.8. The number of aryl methyl sites for hydroxylation is 1. The Balaban J connectivity index is 1.31. The highest BCUT2D eigenvalue weighted by molar-refractivity contribution is 9.11. The van der Waals surface area contributed by atoms with Crippen LogP contribution in [-0.2, 0) is 13.1 Å². The Morgan fingerprint density at radius 2 is 0.793 bits per heavy atom. The standard InChI is InChI=1S/C49H43BrN2O4S2/c1-4-6-8-10-12-14-16-51-46(53)31-19-25-27-18-24(3)57-44(27)29-21-33-37-32(47(54)52(48(33)55)17-15-13-11-9-7-5-2)20-26-28-23-35(50)58-45(28)30-22-34(49(51)56)36(31)42-38(25)40(29)43(37)39(26)41(30)42/h18-23H,4-17H2,1-3H3. The van der Waals surface area contributed by atoms with Gasteiger partial charge in [0.25, 0.3) is 22.2 Å². The monoisotopic (exact) mass is 866 g/mol. The molecule has 0 aliphatic heterocycles. The molecule has 0 saturated heterocycles. The van der Waals surface area contributed by atoms with Crippen molar-refractivity contribution in [3.8, 4) is 0 Å². The molecule has 0 aliphatic carbocycles. The fourth-order valence-corrected chi connectivity index (χ4v) is 13.4. The summed E-state index contributed by atoms with van der Waals surface area (Å²) in [6.07, 6.45) is 12.8. The zero-order valence-electron chi connectivity index (χ0n) is 33.1. The fraction of sp³-hybridized carbons (Fsp3) is 0.347. The number of nitrogens with zero attached hydrogens (tertiary/aromatic N) is 2. The molecule has 0 atom stereocenters. The Hall–Kier alpha value is -4.44. The van der Waals surface area contributed by atoms with E-state index in [1.165, 1.54) is 47.7 Å². The SMILES string of the molecule is CCCCCCCCn1c(=O)c2cc3c4cc(Br)sc4c4cc5c(=O)n(CCCCCCCC)c(=O)c6cc7c8cc(C)sc8c8cc(c1=O)c2c1c3c4c(c65)c7c81. The van der Waals surface area contributed by atoms with Gasteiger partial charge in [0, 0.05) is 103 Å². The van der Waals surface area contributed by atoms with Crippen molar-refractivity contribution >= 4 is 145 Å². The van der Waals surface area contributed by atoms with E-state index in [9.17, 15) is 19.2 Å². The Morgan fingerprint density at radius 1 is 0.414 bits per heavy atom. The van der Waals surface area contributed by atoms with Crippen molar-refractivity contribution in [3.05, 3.63) is 86.5 Å². The number of unbranched alkanes of at least 4 members (excludes halogenated alkanes) is 10. The van der Waals surface area contributed by atoms with E-state index < -0.39 is 0 Å². The first kappa shape index (κ1) is 36.6. The van der Waals surface area contributed by atoms with E-state index in [0.717, 1.165) is 132 Å². The Bertz CT molecular complexity index is 3220. The van der Waals surface area contributed by atoms with Gasteiger partial charge in [-0.3, -0.25) is 28.3 Å². The molecule has 0 N–H and O–H groups in total. The van der Waals surface area contributed by atoms with Crippen LogP contribution < -0.4 is 22.2 Å². The van der Waals surface area contributed by atoms with Crippen molar-refractivity contribution in [2.24, 2.45) is 0 Å². The first-order valence-corrected chi connectivity index (χ1v) is 23.7. The number of fused-ring (bicyclic) bond motifs is 6. The van der Waals surface area contributed by atoms with Crippen LogP contribution in [-0.4, -0.2) is 9.13 Å². The van der Waals surface area contributed by atoms with Crippen molar-refractivity contribution in [3.63, 3.8) is 0 Å². The van der Waals surface area contributed by atoms with Crippen LogP contribution in [0.5, 0.6) is 0 Å². The lowest BCUT2D eigenvalue weighted by Crippen LogP contribution is -2.33. The maximum atomic E-state index is 14.7. The molecule has 4 heterocycles. The van der Waals surface area contributed by atoms with Crippen LogP contribution in [0, 0.1) is 6.92 Å². The molecule has 6 nitrogen and oxygen atoms in total. The third kappa shape index (κ3) is 4.93. The van der Waals surface area contributed by atoms with Crippen LogP contribution >= 0.6 is 38.6 Å². The van der Waals surface area contributed by atoms with Crippen LogP contribution in [0.25, 0.3) is 106 Å². The van der Waals surface area contributed by atoms with Gasteiger partial charge in [-0.05, 0) is 93.6 Å². The van der Waals surface area contributed by atoms with Gasteiger partial charge in [-0.2, -0.15) is 0 Å². The average molecular weight is 868 g/mol. The summed E-state index contributed by atoms with van der Waals surface area (Å²) in [5.74, 6) is 0. The van der Waals surface area contributed by atoms with Gasteiger partial charge >= 0.3 is 0 Å². The summed E-state index contributed by atoms with van der Waals surface area (Å²) in [5, 5.41) is 15.7. The zero-order valence-corrected chi connectivity index (χ0v) is 36.3. The molecule has 9 heteroatoms. The quantitative estimate of drug-likeness (QED) is 0.0619. The number of benzene rings is 7. The van der Waals surface area contributed by atoms with Crippen molar-refractivity contribution < 1.29 is 0 Å². The summed E-state index contributed by atoms with van der Waals surface area (Å²) in [6.45, 7) is 7.33. The number of hydrogen-bond acceptors (Lipinski definition) is 6. The van der Waals surface area contributed by atoms with E-state index in [2.05, 4.69) is 61.0 Å². The van der Waals surface area contributed by atoms with E-state index >= 15 is 0 Å². The van der Waals surface area contributed by atoms with Gasteiger partial charge in [-0.15, -0.1) is 22.7 Å². The Kier molecular flexibility index (Phi) is 8.55. The van der Waals surface area contributed by atoms with Crippen molar-refractivity contribution in [1.29, 1.82) is 0 Å². The summed E-state index contributed by atoms with van der Waals surface area (Å²) < 4.78 is 6.08. The minimum Gasteiger partial charge on any atom is -0.274 e. The smallest absolute Gasteiger partial charge is 0.261 e. The normalized spacial score (nSPS) is 13.0. The highest BCUT2D eigenvalue weighted by atomic mass is 79.9. The summed E-state index contributed by atoms with van der Waals surface area (Å²) in [5.41, 5.74) is -0.891. The van der Waals surface area contributed by atoms with Crippen molar-refractivity contribution in [1.82, 2.24) is 9.13 Å². The van der Waals surface area contributed by atoms with Gasteiger partial charge < -0.3 is 0 Å². The minimum atomic E-state index is -0.225. The summed E-state index contributed by atoms with van der Waals surface area (Å²) >= 11 is 7.17. The molecule has 292 valence electrons. The molecule has 0 fully saturated rings. The lowest BCUT2D eigenvalue weighted by Gasteiger charge is -2.24. The largest absolute Gasteiger partial charge is 0.274 e. The average Bonchev–Trinajstić information content (AvgIpc) is 3.82. The van der Waals surface area contributed by atoms with Gasteiger partial charge in [0.05, 0.1) is 3.79 Å². The van der Waals surface area contributed by atoms with Gasteiger partial charge in [-0.1, -0.05) is 78.1 Å². The molecule has 11 rings (SSSR count). The van der Waals surface area contributed by atoms with Crippen LogP contribution in [0.1, 0.15) is 95.8 Å². The summed E-state index contributed by atoms with van der Waals surface area (Å²) in [4.78, 5) is 60.0. The molecule has 0 unspecified atom stereocenters. The Morgan fingerprint density at radius 3 is 1.26 bits per heavy atom. The molecule has 0 aliphatic rings. The number of aromatic nitrogens is 2. The molecule has 0 spiro atoms. The van der Waals surface area contributed by atoms with Crippen molar-refractivity contribution in [2.75, 3.05) is 0 Å². The van der Waals surface area contributed by atoms with Gasteiger partial charge in [0.1, 0.15) is 0 Å². The number of pyridine rings is 2. The third-order valence-corrected chi connectivity index (χ3v) is 16.1.